The van der Waals surface area contributed by atoms with Crippen molar-refractivity contribution in [3.05, 3.63) is 70.8 Å². The Bertz CT molecular complexity index is 1020. The van der Waals surface area contributed by atoms with Crippen LogP contribution in [0, 0.1) is 28.9 Å². The number of hydrogen-bond donors (Lipinski definition) is 0. The molecule has 4 rings (SSSR count). The van der Waals surface area contributed by atoms with Crippen LogP contribution >= 0.6 is 11.8 Å². The fourth-order valence-electron chi connectivity index (χ4n) is 3.87. The molecule has 0 N–H and O–H groups in total. The van der Waals surface area contributed by atoms with Gasteiger partial charge in [-0.05, 0) is 35.7 Å². The molecule has 1 amide bonds. The summed E-state index contributed by atoms with van der Waals surface area (Å²) in [6, 6.07) is 13.0. The second kappa shape index (κ2) is 6.46. The molecule has 27 heavy (non-hydrogen) atoms. The molecule has 0 fully saturated rings. The second-order valence-corrected chi connectivity index (χ2v) is 7.79. The fourth-order valence-corrected chi connectivity index (χ4v) is 5.45. The molecule has 0 aromatic heterocycles. The van der Waals surface area contributed by atoms with E-state index >= 15 is 0 Å². The molecule has 1 spiro atoms. The zero-order valence-corrected chi connectivity index (χ0v) is 15.3. The zero-order chi connectivity index (χ0) is 19.2. The normalized spacial score (nSPS) is 23.3. The summed E-state index contributed by atoms with van der Waals surface area (Å²) in [5, 5.41) is 15.3. The van der Waals surface area contributed by atoms with E-state index < -0.39 is 16.5 Å². The van der Waals surface area contributed by atoms with Crippen molar-refractivity contribution in [2.75, 3.05) is 0 Å². The molecule has 1 aliphatic heterocycles. The van der Waals surface area contributed by atoms with Crippen molar-refractivity contribution in [3.8, 4) is 6.07 Å². The topological polar surface area (TPSA) is 56.5 Å². The van der Waals surface area contributed by atoms with E-state index in [1.165, 1.54) is 23.7 Å². The van der Waals surface area contributed by atoms with Crippen LogP contribution < -0.4 is 0 Å². The number of nitrogens with zero attached hydrogens (tertiary/aromatic N) is 3. The smallest absolute Gasteiger partial charge is 0.241 e. The summed E-state index contributed by atoms with van der Waals surface area (Å²) in [7, 11) is 0. The van der Waals surface area contributed by atoms with Crippen molar-refractivity contribution in [1.29, 1.82) is 5.26 Å². The van der Waals surface area contributed by atoms with E-state index in [4.69, 9.17) is 0 Å². The van der Waals surface area contributed by atoms with Crippen LogP contribution in [0.2, 0.25) is 0 Å². The third-order valence-electron chi connectivity index (χ3n) is 4.98. The van der Waals surface area contributed by atoms with E-state index in [0.717, 1.165) is 29.3 Å². The fraction of sp³-hybridized carbons (Fsp3) is 0.250. The molecule has 2 aromatic rings. The summed E-state index contributed by atoms with van der Waals surface area (Å²) in [5.41, 5.74) is 1.94. The van der Waals surface area contributed by atoms with Gasteiger partial charge in [-0.15, -0.1) is 0 Å². The number of rotatable bonds is 2. The Balaban J connectivity index is 1.89. The molecule has 0 saturated heterocycles. The number of carbonyl (C=O) groups is 1. The van der Waals surface area contributed by atoms with E-state index in [2.05, 4.69) is 11.2 Å². The second-order valence-electron chi connectivity index (χ2n) is 6.58. The minimum Gasteiger partial charge on any atom is -0.273 e. The average Bonchev–Trinajstić information content (AvgIpc) is 3.18. The molecule has 0 bridgehead atoms. The molecule has 7 heteroatoms. The molecule has 2 aromatic carbocycles. The van der Waals surface area contributed by atoms with Crippen molar-refractivity contribution >= 4 is 22.7 Å². The molecule has 0 saturated carbocycles. The summed E-state index contributed by atoms with van der Waals surface area (Å²) in [6.45, 7) is 1.39. The molecular weight excluding hydrogens is 368 g/mol. The van der Waals surface area contributed by atoms with Gasteiger partial charge >= 0.3 is 0 Å². The Labute approximate surface area is 159 Å². The highest BCUT2D eigenvalue weighted by molar-refractivity contribution is 8.15. The highest BCUT2D eigenvalue weighted by Gasteiger charge is 2.57. The van der Waals surface area contributed by atoms with Crippen molar-refractivity contribution in [3.63, 3.8) is 0 Å². The Morgan fingerprint density at radius 3 is 2.89 bits per heavy atom. The lowest BCUT2D eigenvalue weighted by molar-refractivity contribution is -0.133. The maximum Gasteiger partial charge on any atom is 0.241 e. The van der Waals surface area contributed by atoms with E-state index in [1.54, 1.807) is 0 Å². The number of nitriles is 1. The van der Waals surface area contributed by atoms with Gasteiger partial charge in [-0.2, -0.15) is 10.4 Å². The first-order chi connectivity index (χ1) is 13.0. The number of benzene rings is 2. The van der Waals surface area contributed by atoms with E-state index in [0.29, 0.717) is 6.42 Å². The standard InChI is InChI=1S/C20H15F2N3OS/c1-12(26)25-20(14(8-9-23)10-13-4-2-3-5-17(13)20)27-19(24-25)16-11-15(21)6-7-18(16)22/h2-7,11,14H,8,10H2,1H3/t14-,20+/m1/s1. The Hall–Kier alpha value is -2.72. The van der Waals surface area contributed by atoms with Gasteiger partial charge in [0.25, 0.3) is 0 Å². The lowest BCUT2D eigenvalue weighted by Gasteiger charge is -2.36. The molecule has 2 atom stereocenters. The summed E-state index contributed by atoms with van der Waals surface area (Å²) in [5.74, 6) is -1.70. The number of halogens is 2. The maximum atomic E-state index is 14.3. The largest absolute Gasteiger partial charge is 0.273 e. The number of amides is 1. The zero-order valence-electron chi connectivity index (χ0n) is 14.4. The summed E-state index contributed by atoms with van der Waals surface area (Å²) in [4.78, 5) is 11.5. The summed E-state index contributed by atoms with van der Waals surface area (Å²) >= 11 is 1.22. The Morgan fingerprint density at radius 2 is 2.15 bits per heavy atom. The van der Waals surface area contributed by atoms with Gasteiger partial charge in [0.15, 0.2) is 0 Å². The van der Waals surface area contributed by atoms with Crippen LogP contribution in [-0.4, -0.2) is 16.0 Å². The van der Waals surface area contributed by atoms with Gasteiger partial charge in [-0.1, -0.05) is 36.0 Å². The lowest BCUT2D eigenvalue weighted by atomic mass is 9.96. The monoisotopic (exact) mass is 383 g/mol. The third kappa shape index (κ3) is 2.63. The van der Waals surface area contributed by atoms with Crippen molar-refractivity contribution in [1.82, 2.24) is 5.01 Å². The molecule has 1 heterocycles. The maximum absolute atomic E-state index is 14.3. The number of carbonyl (C=O) groups excluding carboxylic acids is 1. The van der Waals surface area contributed by atoms with E-state index in [1.807, 2.05) is 24.3 Å². The highest BCUT2D eigenvalue weighted by atomic mass is 32.2. The quantitative estimate of drug-likeness (QED) is 0.782. The molecule has 0 unspecified atom stereocenters. The van der Waals surface area contributed by atoms with Crippen LogP contribution in [-0.2, 0) is 16.1 Å². The summed E-state index contributed by atoms with van der Waals surface area (Å²) < 4.78 is 28.1. The van der Waals surface area contributed by atoms with Crippen LogP contribution in [0.15, 0.2) is 47.6 Å². The molecular formula is C20H15F2N3OS. The van der Waals surface area contributed by atoms with Crippen LogP contribution in [0.3, 0.4) is 0 Å². The van der Waals surface area contributed by atoms with Gasteiger partial charge in [0.1, 0.15) is 21.5 Å². The third-order valence-corrected chi connectivity index (χ3v) is 6.51. The van der Waals surface area contributed by atoms with Gasteiger partial charge in [0, 0.05) is 24.8 Å². The number of fused-ring (bicyclic) bond motifs is 2. The van der Waals surface area contributed by atoms with Crippen LogP contribution in [0.1, 0.15) is 30.0 Å². The Kier molecular flexibility index (Phi) is 4.23. The SMILES string of the molecule is CC(=O)N1N=C(c2cc(F)ccc2F)S[C@@]12c1ccccc1C[C@H]2CC#N. The van der Waals surface area contributed by atoms with Crippen LogP contribution in [0.5, 0.6) is 0 Å². The average molecular weight is 383 g/mol. The first-order valence-electron chi connectivity index (χ1n) is 8.46. The van der Waals surface area contributed by atoms with E-state index in [9.17, 15) is 18.8 Å². The predicted octanol–water partition coefficient (Wildman–Crippen LogP) is 4.16. The molecule has 0 radical (unpaired) electrons. The Morgan fingerprint density at radius 1 is 1.37 bits per heavy atom. The van der Waals surface area contributed by atoms with Crippen molar-refractivity contribution < 1.29 is 13.6 Å². The van der Waals surface area contributed by atoms with E-state index in [-0.39, 0.29) is 28.9 Å². The highest BCUT2D eigenvalue weighted by Crippen LogP contribution is 2.58. The molecule has 2 aliphatic rings. The minimum atomic E-state index is -0.924. The van der Waals surface area contributed by atoms with Gasteiger partial charge in [-0.3, -0.25) is 4.79 Å². The predicted molar refractivity (Wildman–Crippen MR) is 98.6 cm³/mol. The summed E-state index contributed by atoms with van der Waals surface area (Å²) in [6.07, 6.45) is 0.842. The van der Waals surface area contributed by atoms with Crippen LogP contribution in [0.25, 0.3) is 0 Å². The van der Waals surface area contributed by atoms with Crippen LogP contribution in [0.4, 0.5) is 8.78 Å². The van der Waals surface area contributed by atoms with Gasteiger partial charge < -0.3 is 0 Å². The molecule has 136 valence electrons. The molecule has 4 nitrogen and oxygen atoms in total. The lowest BCUT2D eigenvalue weighted by Crippen LogP contribution is -2.43. The van der Waals surface area contributed by atoms with Gasteiger partial charge in [0.2, 0.25) is 5.91 Å². The van der Waals surface area contributed by atoms with Crippen molar-refractivity contribution in [2.24, 2.45) is 11.0 Å². The molecule has 1 aliphatic carbocycles. The van der Waals surface area contributed by atoms with Crippen molar-refractivity contribution in [2.45, 2.75) is 24.6 Å². The first kappa shape index (κ1) is 17.7. The number of hydrogen-bond acceptors (Lipinski definition) is 4. The first-order valence-corrected chi connectivity index (χ1v) is 9.28. The number of thioether (sulfide) groups is 1. The number of hydrazone groups is 1. The minimum absolute atomic E-state index is 0.0169. The van der Waals surface area contributed by atoms with Gasteiger partial charge in [0.05, 0.1) is 6.07 Å². The van der Waals surface area contributed by atoms with Gasteiger partial charge in [-0.25, -0.2) is 13.8 Å².